The molecule has 6 heteroatoms. The van der Waals surface area contributed by atoms with Crippen LogP contribution in [0.5, 0.6) is 5.75 Å². The number of carbonyl (C=O) groups is 1. The number of hydrazone groups is 1. The molecule has 1 amide bonds. The second kappa shape index (κ2) is 9.08. The van der Waals surface area contributed by atoms with E-state index in [9.17, 15) is 9.18 Å². The first-order valence-corrected chi connectivity index (χ1v) is 8.43. The lowest BCUT2D eigenvalue weighted by atomic mass is 10.1. The van der Waals surface area contributed by atoms with Crippen LogP contribution in [0.1, 0.15) is 18.9 Å². The molecule has 0 aliphatic rings. The van der Waals surface area contributed by atoms with Crippen molar-refractivity contribution >= 4 is 23.4 Å². The molecule has 0 aliphatic carbocycles. The second-order valence-corrected chi connectivity index (χ2v) is 6.15. The largest absolute Gasteiger partial charge is 0.496 e. The van der Waals surface area contributed by atoms with Crippen molar-refractivity contribution in [1.82, 2.24) is 5.43 Å². The van der Waals surface area contributed by atoms with Crippen LogP contribution in [0.2, 0.25) is 0 Å². The second-order valence-electron chi connectivity index (χ2n) is 4.98. The number of ether oxygens (including phenoxy) is 1. The molecule has 0 unspecified atom stereocenters. The minimum atomic E-state index is -0.266. The van der Waals surface area contributed by atoms with Crippen molar-refractivity contribution in [2.24, 2.45) is 5.10 Å². The molecule has 2 aromatic rings. The van der Waals surface area contributed by atoms with Crippen molar-refractivity contribution in [2.75, 3.05) is 12.9 Å². The van der Waals surface area contributed by atoms with Gasteiger partial charge < -0.3 is 4.74 Å². The third-order valence-corrected chi connectivity index (χ3v) is 4.27. The monoisotopic (exact) mass is 346 g/mol. The van der Waals surface area contributed by atoms with Gasteiger partial charge in [0.1, 0.15) is 11.6 Å². The van der Waals surface area contributed by atoms with Crippen LogP contribution in [0.15, 0.2) is 58.5 Å². The Labute approximate surface area is 145 Å². The molecule has 0 heterocycles. The maximum atomic E-state index is 12.8. The van der Waals surface area contributed by atoms with Gasteiger partial charge in [0, 0.05) is 22.6 Å². The summed E-state index contributed by atoms with van der Waals surface area (Å²) in [5.74, 6) is 0.873. The molecule has 4 nitrogen and oxygen atoms in total. The highest BCUT2D eigenvalue weighted by molar-refractivity contribution is 7.99. The molecule has 2 rings (SSSR count). The Balaban J connectivity index is 1.82. The molecule has 24 heavy (non-hydrogen) atoms. The molecule has 1 N–H and O–H groups in total. The number of thioether (sulfide) groups is 1. The zero-order valence-corrected chi connectivity index (χ0v) is 14.4. The van der Waals surface area contributed by atoms with E-state index in [4.69, 9.17) is 4.74 Å². The predicted octanol–water partition coefficient (Wildman–Crippen LogP) is 3.86. The molecule has 2 aromatic carbocycles. The summed E-state index contributed by atoms with van der Waals surface area (Å²) in [5.41, 5.74) is 4.06. The normalized spacial score (nSPS) is 11.2. The molecule has 0 aliphatic heterocycles. The molecule has 0 bridgehead atoms. The topological polar surface area (TPSA) is 50.7 Å². The van der Waals surface area contributed by atoms with Gasteiger partial charge in [-0.05, 0) is 43.3 Å². The van der Waals surface area contributed by atoms with Gasteiger partial charge >= 0.3 is 0 Å². The van der Waals surface area contributed by atoms with Gasteiger partial charge in [-0.1, -0.05) is 12.1 Å². The minimum Gasteiger partial charge on any atom is -0.496 e. The Kier molecular flexibility index (Phi) is 6.81. The van der Waals surface area contributed by atoms with Crippen LogP contribution in [0.3, 0.4) is 0 Å². The lowest BCUT2D eigenvalue weighted by molar-refractivity contribution is -0.120. The number of hydrogen-bond donors (Lipinski definition) is 1. The highest BCUT2D eigenvalue weighted by Crippen LogP contribution is 2.19. The molecule has 0 fully saturated rings. The third-order valence-electron chi connectivity index (χ3n) is 3.26. The number of nitrogens with one attached hydrogen (secondary N) is 1. The average molecular weight is 346 g/mol. The van der Waals surface area contributed by atoms with Gasteiger partial charge in [-0.2, -0.15) is 5.10 Å². The number of amides is 1. The summed E-state index contributed by atoms with van der Waals surface area (Å²) in [6.45, 7) is 1.81. The van der Waals surface area contributed by atoms with Crippen LogP contribution >= 0.6 is 11.8 Å². The van der Waals surface area contributed by atoms with Crippen molar-refractivity contribution in [3.63, 3.8) is 0 Å². The van der Waals surface area contributed by atoms with E-state index in [2.05, 4.69) is 10.5 Å². The summed E-state index contributed by atoms with van der Waals surface area (Å²) in [6, 6.07) is 13.7. The van der Waals surface area contributed by atoms with E-state index in [0.29, 0.717) is 23.6 Å². The summed E-state index contributed by atoms with van der Waals surface area (Å²) in [6.07, 6.45) is 0.324. The SMILES string of the molecule is COc1ccccc1/C(C)=N\NC(=O)CCSc1ccc(F)cc1. The maximum absolute atomic E-state index is 12.8. The van der Waals surface area contributed by atoms with E-state index in [1.807, 2.05) is 31.2 Å². The Morgan fingerprint density at radius 1 is 1.21 bits per heavy atom. The number of hydrogen-bond acceptors (Lipinski definition) is 4. The van der Waals surface area contributed by atoms with Crippen molar-refractivity contribution in [3.8, 4) is 5.75 Å². The van der Waals surface area contributed by atoms with Crippen molar-refractivity contribution in [2.45, 2.75) is 18.2 Å². The number of nitrogens with zero attached hydrogens (tertiary/aromatic N) is 1. The fourth-order valence-electron chi connectivity index (χ4n) is 2.00. The van der Waals surface area contributed by atoms with Crippen LogP contribution in [0.4, 0.5) is 4.39 Å². The number of para-hydroxylation sites is 1. The molecule has 0 spiro atoms. The Morgan fingerprint density at radius 3 is 2.62 bits per heavy atom. The van der Waals surface area contributed by atoms with Crippen molar-refractivity contribution in [3.05, 3.63) is 59.9 Å². The van der Waals surface area contributed by atoms with E-state index in [-0.39, 0.29) is 11.7 Å². The highest BCUT2D eigenvalue weighted by Gasteiger charge is 2.06. The smallest absolute Gasteiger partial charge is 0.240 e. The first-order chi connectivity index (χ1) is 11.6. The van der Waals surface area contributed by atoms with E-state index in [0.717, 1.165) is 10.5 Å². The first-order valence-electron chi connectivity index (χ1n) is 7.45. The number of benzene rings is 2. The molecule has 0 radical (unpaired) electrons. The average Bonchev–Trinajstić information content (AvgIpc) is 2.61. The van der Waals surface area contributed by atoms with Crippen LogP contribution in [-0.2, 0) is 4.79 Å². The predicted molar refractivity (Wildman–Crippen MR) is 95.1 cm³/mol. The Hall–Kier alpha value is -2.34. The zero-order chi connectivity index (χ0) is 17.4. The lowest BCUT2D eigenvalue weighted by Crippen LogP contribution is -2.19. The minimum absolute atomic E-state index is 0.168. The van der Waals surface area contributed by atoms with Crippen LogP contribution < -0.4 is 10.2 Å². The molecular weight excluding hydrogens is 327 g/mol. The summed E-state index contributed by atoms with van der Waals surface area (Å²) in [5, 5.41) is 4.12. The van der Waals surface area contributed by atoms with Gasteiger partial charge in [-0.25, -0.2) is 9.82 Å². The first kappa shape index (κ1) is 18.0. The van der Waals surface area contributed by atoms with E-state index >= 15 is 0 Å². The molecule has 0 atom stereocenters. The summed E-state index contributed by atoms with van der Waals surface area (Å²) < 4.78 is 18.1. The summed E-state index contributed by atoms with van der Waals surface area (Å²) in [7, 11) is 1.59. The van der Waals surface area contributed by atoms with Gasteiger partial charge in [-0.15, -0.1) is 11.8 Å². The Bertz CT molecular complexity index is 717. The molecule has 126 valence electrons. The lowest BCUT2D eigenvalue weighted by Gasteiger charge is -2.08. The van der Waals surface area contributed by atoms with Gasteiger partial charge in [0.15, 0.2) is 0 Å². The third kappa shape index (κ3) is 5.38. The Morgan fingerprint density at radius 2 is 1.92 bits per heavy atom. The summed E-state index contributed by atoms with van der Waals surface area (Å²) in [4.78, 5) is 12.8. The van der Waals surface area contributed by atoms with Gasteiger partial charge in [-0.3, -0.25) is 4.79 Å². The van der Waals surface area contributed by atoms with Crippen molar-refractivity contribution < 1.29 is 13.9 Å². The van der Waals surface area contributed by atoms with Crippen LogP contribution in [-0.4, -0.2) is 24.5 Å². The van der Waals surface area contributed by atoms with E-state index < -0.39 is 0 Å². The standard InChI is InChI=1S/C18H19FN2O2S/c1-13(16-5-3-4-6-17(16)23-2)20-21-18(22)11-12-24-15-9-7-14(19)8-10-15/h3-10H,11-12H2,1-2H3,(H,21,22)/b20-13-. The number of halogens is 1. The fraction of sp³-hybridized carbons (Fsp3) is 0.222. The maximum Gasteiger partial charge on any atom is 0.240 e. The van der Waals surface area contributed by atoms with Gasteiger partial charge in [0.05, 0.1) is 12.8 Å². The summed E-state index contributed by atoms with van der Waals surface area (Å²) >= 11 is 1.50. The van der Waals surface area contributed by atoms with E-state index in [1.54, 1.807) is 19.2 Å². The molecular formula is C18H19FN2O2S. The molecule has 0 saturated carbocycles. The van der Waals surface area contributed by atoms with Crippen LogP contribution in [0, 0.1) is 5.82 Å². The number of carbonyl (C=O) groups excluding carboxylic acids is 1. The number of rotatable bonds is 7. The highest BCUT2D eigenvalue weighted by atomic mass is 32.2. The van der Waals surface area contributed by atoms with E-state index in [1.165, 1.54) is 23.9 Å². The molecule has 0 saturated heterocycles. The number of methoxy groups -OCH3 is 1. The fourth-order valence-corrected chi connectivity index (χ4v) is 2.85. The zero-order valence-electron chi connectivity index (χ0n) is 13.6. The molecule has 0 aromatic heterocycles. The quantitative estimate of drug-likeness (QED) is 0.470. The van der Waals surface area contributed by atoms with Crippen molar-refractivity contribution in [1.29, 1.82) is 0 Å². The van der Waals surface area contributed by atoms with Crippen LogP contribution in [0.25, 0.3) is 0 Å². The van der Waals surface area contributed by atoms with Gasteiger partial charge in [0.25, 0.3) is 0 Å². The van der Waals surface area contributed by atoms with Gasteiger partial charge in [0.2, 0.25) is 5.91 Å².